The molecule has 1 aliphatic carbocycles. The molecule has 0 saturated carbocycles. The van der Waals surface area contributed by atoms with Crippen molar-refractivity contribution < 1.29 is 0 Å². The molecule has 0 saturated heterocycles. The molecule has 1 N–H and O–H groups in total. The largest absolute Gasteiger partial charge is 0.373 e. The Balaban J connectivity index is 1.89. The molecular weight excluding hydrogens is 246 g/mol. The number of aromatic nitrogens is 2. The summed E-state index contributed by atoms with van der Waals surface area (Å²) >= 11 is 0. The van der Waals surface area contributed by atoms with E-state index in [-0.39, 0.29) is 0 Å². The van der Waals surface area contributed by atoms with Gasteiger partial charge in [0.2, 0.25) is 0 Å². The standard InChI is InChI=1S/C17H21N3/c1-3-6-15-11-16(18-2)20-17(19-15)14-9-12-7-4-5-8-13(12)10-14/h4-5,7-8,11,14H,3,6,9-10H2,1-2H3,(H,18,19,20). The van der Waals surface area contributed by atoms with Crippen LogP contribution in [0.15, 0.2) is 30.3 Å². The highest BCUT2D eigenvalue weighted by Crippen LogP contribution is 2.32. The number of fused-ring (bicyclic) bond motifs is 1. The molecule has 0 unspecified atom stereocenters. The van der Waals surface area contributed by atoms with E-state index in [0.29, 0.717) is 5.92 Å². The molecule has 20 heavy (non-hydrogen) atoms. The molecule has 0 spiro atoms. The van der Waals surface area contributed by atoms with E-state index in [4.69, 9.17) is 4.98 Å². The third-order valence-corrected chi connectivity index (χ3v) is 3.97. The monoisotopic (exact) mass is 267 g/mol. The summed E-state index contributed by atoms with van der Waals surface area (Å²) in [7, 11) is 1.92. The van der Waals surface area contributed by atoms with E-state index in [1.807, 2.05) is 7.05 Å². The zero-order valence-electron chi connectivity index (χ0n) is 12.2. The fraction of sp³-hybridized carbons (Fsp3) is 0.412. The van der Waals surface area contributed by atoms with Crippen LogP contribution in [0.3, 0.4) is 0 Å². The first-order chi connectivity index (χ1) is 9.80. The van der Waals surface area contributed by atoms with E-state index in [1.54, 1.807) is 0 Å². The number of benzene rings is 1. The van der Waals surface area contributed by atoms with Crippen molar-refractivity contribution in [1.29, 1.82) is 0 Å². The Kier molecular flexibility index (Phi) is 3.68. The van der Waals surface area contributed by atoms with Gasteiger partial charge >= 0.3 is 0 Å². The van der Waals surface area contributed by atoms with E-state index in [2.05, 4.69) is 47.6 Å². The van der Waals surface area contributed by atoms with Crippen molar-refractivity contribution in [3.05, 3.63) is 53.0 Å². The predicted octanol–water partition coefficient (Wildman–Crippen LogP) is 3.35. The van der Waals surface area contributed by atoms with Crippen LogP contribution < -0.4 is 5.32 Å². The van der Waals surface area contributed by atoms with Gasteiger partial charge in [-0.15, -0.1) is 0 Å². The van der Waals surface area contributed by atoms with Crippen LogP contribution in [0.1, 0.15) is 41.9 Å². The summed E-state index contributed by atoms with van der Waals surface area (Å²) in [4.78, 5) is 9.46. The van der Waals surface area contributed by atoms with Crippen LogP contribution in [0.25, 0.3) is 0 Å². The van der Waals surface area contributed by atoms with Crippen molar-refractivity contribution in [2.24, 2.45) is 0 Å². The molecule has 3 heteroatoms. The summed E-state index contributed by atoms with van der Waals surface area (Å²) < 4.78 is 0. The van der Waals surface area contributed by atoms with Crippen LogP contribution >= 0.6 is 0 Å². The van der Waals surface area contributed by atoms with Crippen molar-refractivity contribution in [1.82, 2.24) is 9.97 Å². The summed E-state index contributed by atoms with van der Waals surface area (Å²) in [6, 6.07) is 10.8. The second-order valence-corrected chi connectivity index (χ2v) is 5.48. The first kappa shape index (κ1) is 13.1. The lowest BCUT2D eigenvalue weighted by molar-refractivity contribution is 0.672. The Labute approximate surface area is 120 Å². The number of nitrogens with zero attached hydrogens (tertiary/aromatic N) is 2. The van der Waals surface area contributed by atoms with Crippen molar-refractivity contribution in [3.63, 3.8) is 0 Å². The van der Waals surface area contributed by atoms with Crippen LogP contribution in [0.5, 0.6) is 0 Å². The minimum absolute atomic E-state index is 0.427. The summed E-state index contributed by atoms with van der Waals surface area (Å²) in [6.45, 7) is 2.19. The highest BCUT2D eigenvalue weighted by atomic mass is 15.0. The third-order valence-electron chi connectivity index (χ3n) is 3.97. The number of hydrogen-bond acceptors (Lipinski definition) is 3. The van der Waals surface area contributed by atoms with Gasteiger partial charge in [0.25, 0.3) is 0 Å². The first-order valence-corrected chi connectivity index (χ1v) is 7.42. The lowest BCUT2D eigenvalue weighted by Crippen LogP contribution is -2.09. The Morgan fingerprint density at radius 3 is 2.45 bits per heavy atom. The summed E-state index contributed by atoms with van der Waals surface area (Å²) in [5.74, 6) is 2.36. The summed E-state index contributed by atoms with van der Waals surface area (Å²) in [5.41, 5.74) is 4.05. The number of nitrogens with one attached hydrogen (secondary N) is 1. The minimum atomic E-state index is 0.427. The van der Waals surface area contributed by atoms with Crippen molar-refractivity contribution in [3.8, 4) is 0 Å². The molecule has 0 radical (unpaired) electrons. The number of rotatable bonds is 4. The molecule has 0 bridgehead atoms. The maximum absolute atomic E-state index is 4.79. The third kappa shape index (κ3) is 2.53. The average Bonchev–Trinajstić information content (AvgIpc) is 2.91. The topological polar surface area (TPSA) is 37.8 Å². The smallest absolute Gasteiger partial charge is 0.134 e. The molecule has 1 aromatic carbocycles. The Hall–Kier alpha value is -1.90. The lowest BCUT2D eigenvalue weighted by atomic mass is 10.1. The maximum Gasteiger partial charge on any atom is 0.134 e. The Morgan fingerprint density at radius 2 is 1.85 bits per heavy atom. The molecule has 2 aromatic rings. The molecule has 0 fully saturated rings. The molecule has 1 aromatic heterocycles. The van der Waals surface area contributed by atoms with Gasteiger partial charge in [0.05, 0.1) is 0 Å². The van der Waals surface area contributed by atoms with E-state index >= 15 is 0 Å². The van der Waals surface area contributed by atoms with Gasteiger partial charge in [0.15, 0.2) is 0 Å². The van der Waals surface area contributed by atoms with Gasteiger partial charge in [0, 0.05) is 24.7 Å². The molecule has 0 atom stereocenters. The molecule has 104 valence electrons. The lowest BCUT2D eigenvalue weighted by Gasteiger charge is -2.11. The van der Waals surface area contributed by atoms with E-state index in [9.17, 15) is 0 Å². The van der Waals surface area contributed by atoms with E-state index < -0.39 is 0 Å². The number of anilines is 1. The summed E-state index contributed by atoms with van der Waals surface area (Å²) in [5, 5.41) is 3.16. The fourth-order valence-corrected chi connectivity index (χ4v) is 2.95. The van der Waals surface area contributed by atoms with Crippen LogP contribution in [0, 0.1) is 0 Å². The minimum Gasteiger partial charge on any atom is -0.373 e. The van der Waals surface area contributed by atoms with E-state index in [0.717, 1.165) is 43.0 Å². The second-order valence-electron chi connectivity index (χ2n) is 5.48. The molecule has 0 aliphatic heterocycles. The maximum atomic E-state index is 4.79. The normalized spacial score (nSPS) is 14.3. The molecular formula is C17H21N3. The van der Waals surface area contributed by atoms with Crippen LogP contribution in [-0.4, -0.2) is 17.0 Å². The van der Waals surface area contributed by atoms with Gasteiger partial charge in [-0.05, 0) is 30.4 Å². The molecule has 0 amide bonds. The zero-order chi connectivity index (χ0) is 13.9. The Bertz CT molecular complexity index is 582. The van der Waals surface area contributed by atoms with Crippen molar-refractivity contribution in [2.75, 3.05) is 12.4 Å². The van der Waals surface area contributed by atoms with Crippen LogP contribution in [-0.2, 0) is 19.3 Å². The van der Waals surface area contributed by atoms with Gasteiger partial charge in [0.1, 0.15) is 11.6 Å². The van der Waals surface area contributed by atoms with Gasteiger partial charge in [-0.2, -0.15) is 0 Å². The fourth-order valence-electron chi connectivity index (χ4n) is 2.95. The quantitative estimate of drug-likeness (QED) is 0.923. The summed E-state index contributed by atoms with van der Waals surface area (Å²) in [6.07, 6.45) is 4.26. The molecule has 3 rings (SSSR count). The van der Waals surface area contributed by atoms with Gasteiger partial charge < -0.3 is 5.32 Å². The van der Waals surface area contributed by atoms with Gasteiger partial charge in [-0.25, -0.2) is 9.97 Å². The van der Waals surface area contributed by atoms with Crippen LogP contribution in [0.4, 0.5) is 5.82 Å². The number of hydrogen-bond donors (Lipinski definition) is 1. The molecule has 1 aliphatic rings. The van der Waals surface area contributed by atoms with Crippen molar-refractivity contribution in [2.45, 2.75) is 38.5 Å². The molecule has 1 heterocycles. The Morgan fingerprint density at radius 1 is 1.15 bits per heavy atom. The van der Waals surface area contributed by atoms with Gasteiger partial charge in [-0.3, -0.25) is 0 Å². The number of aryl methyl sites for hydroxylation is 1. The second kappa shape index (κ2) is 5.61. The predicted molar refractivity (Wildman–Crippen MR) is 82.2 cm³/mol. The first-order valence-electron chi connectivity index (χ1n) is 7.42. The SMILES string of the molecule is CCCc1cc(NC)nc(C2Cc3ccccc3C2)n1. The van der Waals surface area contributed by atoms with Crippen molar-refractivity contribution >= 4 is 5.82 Å². The highest BCUT2D eigenvalue weighted by molar-refractivity contribution is 5.39. The van der Waals surface area contributed by atoms with Crippen LogP contribution in [0.2, 0.25) is 0 Å². The zero-order valence-corrected chi connectivity index (χ0v) is 12.2. The molecule has 3 nitrogen and oxygen atoms in total. The average molecular weight is 267 g/mol. The van der Waals surface area contributed by atoms with Gasteiger partial charge in [-0.1, -0.05) is 37.6 Å². The van der Waals surface area contributed by atoms with E-state index in [1.165, 1.54) is 11.1 Å². The highest BCUT2D eigenvalue weighted by Gasteiger charge is 2.25.